The number of hydrogen-bond donors (Lipinski definition) is 1. The monoisotopic (exact) mass is 391 g/mol. The van der Waals surface area contributed by atoms with Crippen LogP contribution in [0.3, 0.4) is 0 Å². The van der Waals surface area contributed by atoms with Crippen molar-refractivity contribution in [3.05, 3.63) is 35.7 Å². The summed E-state index contributed by atoms with van der Waals surface area (Å²) < 4.78 is 6.99. The van der Waals surface area contributed by atoms with Crippen molar-refractivity contribution < 1.29 is 9.53 Å². The molecule has 0 bridgehead atoms. The summed E-state index contributed by atoms with van der Waals surface area (Å²) in [5.41, 5.74) is 3.32. The Labute approximate surface area is 168 Å². The molecule has 0 saturated carbocycles. The topological polar surface area (TPSA) is 42.4 Å². The van der Waals surface area contributed by atoms with Gasteiger partial charge in [-0.3, -0.25) is 4.98 Å². The fourth-order valence-corrected chi connectivity index (χ4v) is 7.19. The zero-order chi connectivity index (χ0) is 20.3. The Morgan fingerprint density at radius 1 is 1.07 bits per heavy atom. The molecule has 0 aliphatic rings. The average Bonchev–Trinajstić information content (AvgIpc) is 2.74. The molecule has 1 aromatic rings. The summed E-state index contributed by atoms with van der Waals surface area (Å²) >= 11 is 0. The van der Waals surface area contributed by atoms with Crippen molar-refractivity contribution in [2.24, 2.45) is 0 Å². The number of aromatic nitrogens is 1. The van der Waals surface area contributed by atoms with Crippen LogP contribution in [-0.4, -0.2) is 24.0 Å². The Balaban J connectivity index is 2.95. The lowest BCUT2D eigenvalue weighted by Crippen LogP contribution is -2.46. The second kappa shape index (κ2) is 11.8. The molecule has 0 atom stereocenters. The van der Waals surface area contributed by atoms with Crippen molar-refractivity contribution in [2.45, 2.75) is 104 Å². The van der Waals surface area contributed by atoms with Gasteiger partial charge in [0.25, 0.3) is 0 Å². The van der Waals surface area contributed by atoms with Crippen molar-refractivity contribution in [2.75, 3.05) is 0 Å². The predicted molar refractivity (Wildman–Crippen MR) is 119 cm³/mol. The molecular formula is C23H41NO2Si. The first-order valence-electron chi connectivity index (χ1n) is 10.9. The van der Waals surface area contributed by atoms with E-state index in [1.807, 2.05) is 6.20 Å². The number of aliphatic hydroxyl groups is 1. The van der Waals surface area contributed by atoms with Gasteiger partial charge in [0.05, 0.1) is 12.2 Å². The van der Waals surface area contributed by atoms with Crippen LogP contribution in [0.4, 0.5) is 0 Å². The van der Waals surface area contributed by atoms with Gasteiger partial charge in [-0.2, -0.15) is 0 Å². The number of pyridine rings is 1. The fourth-order valence-electron chi connectivity index (χ4n) is 3.95. The summed E-state index contributed by atoms with van der Waals surface area (Å²) in [5, 5.41) is 9.37. The lowest BCUT2D eigenvalue weighted by Gasteiger charge is -2.42. The van der Waals surface area contributed by atoms with Crippen LogP contribution >= 0.6 is 0 Å². The van der Waals surface area contributed by atoms with Gasteiger partial charge in [-0.05, 0) is 73.0 Å². The van der Waals surface area contributed by atoms with Gasteiger partial charge in [0, 0.05) is 12.4 Å². The van der Waals surface area contributed by atoms with E-state index in [9.17, 15) is 5.11 Å². The highest BCUT2D eigenvalue weighted by Gasteiger charge is 2.38. The molecular weight excluding hydrogens is 350 g/mol. The fraction of sp³-hybridized carbons (Fsp3) is 0.696. The molecule has 0 fully saturated rings. The van der Waals surface area contributed by atoms with Gasteiger partial charge in [0.2, 0.25) is 0 Å². The number of rotatable bonds is 13. The van der Waals surface area contributed by atoms with Gasteiger partial charge >= 0.3 is 0 Å². The maximum atomic E-state index is 9.37. The molecule has 0 unspecified atom stereocenters. The van der Waals surface area contributed by atoms with Crippen molar-refractivity contribution in [1.82, 2.24) is 4.98 Å². The molecule has 0 aliphatic carbocycles. The van der Waals surface area contributed by atoms with Gasteiger partial charge in [-0.25, -0.2) is 0 Å². The maximum absolute atomic E-state index is 9.37. The minimum absolute atomic E-state index is 0.00873. The van der Waals surface area contributed by atoms with E-state index in [4.69, 9.17) is 4.43 Å². The molecule has 0 aliphatic heterocycles. The Morgan fingerprint density at radius 2 is 1.70 bits per heavy atom. The zero-order valence-corrected chi connectivity index (χ0v) is 19.5. The summed E-state index contributed by atoms with van der Waals surface area (Å²) in [6.45, 7) is 13.7. The molecule has 154 valence electrons. The van der Waals surface area contributed by atoms with Crippen LogP contribution in [0.1, 0.15) is 84.8 Å². The van der Waals surface area contributed by atoms with Crippen LogP contribution in [0.25, 0.3) is 5.57 Å². The first-order chi connectivity index (χ1) is 13.0. The number of nitrogens with zero attached hydrogens (tertiary/aromatic N) is 1. The van der Waals surface area contributed by atoms with Crippen molar-refractivity contribution in [3.8, 4) is 0 Å². The quantitative estimate of drug-likeness (QED) is 0.379. The Hall–Kier alpha value is -0.973. The van der Waals surface area contributed by atoms with Crippen molar-refractivity contribution in [1.29, 1.82) is 0 Å². The normalized spacial score (nSPS) is 13.2. The highest BCUT2D eigenvalue weighted by Crippen LogP contribution is 2.35. The van der Waals surface area contributed by atoms with Gasteiger partial charge in [-0.1, -0.05) is 47.6 Å². The summed E-state index contributed by atoms with van der Waals surface area (Å²) in [4.78, 5) is 4.28. The van der Waals surface area contributed by atoms with Crippen LogP contribution < -0.4 is 0 Å². The molecule has 1 aromatic heterocycles. The first-order valence-corrected chi connectivity index (χ1v) is 13.4. The SMILES string of the molecule is CC/C(=C/CCC(CC)(CC)O[Si](CC)(CC)CC)c1cncc(CO)c1. The molecule has 0 radical (unpaired) electrons. The van der Waals surface area contributed by atoms with E-state index in [0.717, 1.165) is 43.2 Å². The third-order valence-corrected chi connectivity index (χ3v) is 11.1. The number of allylic oxidation sites excluding steroid dienone is 2. The Morgan fingerprint density at radius 3 is 2.19 bits per heavy atom. The van der Waals surface area contributed by atoms with Crippen molar-refractivity contribution in [3.63, 3.8) is 0 Å². The molecule has 4 heteroatoms. The summed E-state index contributed by atoms with van der Waals surface area (Å²) in [7, 11) is -1.62. The smallest absolute Gasteiger partial charge is 0.192 e. The van der Waals surface area contributed by atoms with Crippen molar-refractivity contribution >= 4 is 13.9 Å². The average molecular weight is 392 g/mol. The minimum atomic E-state index is -1.62. The Kier molecular flexibility index (Phi) is 10.5. The van der Waals surface area contributed by atoms with Gasteiger partial charge < -0.3 is 9.53 Å². The molecule has 27 heavy (non-hydrogen) atoms. The van der Waals surface area contributed by atoms with E-state index in [1.165, 1.54) is 23.7 Å². The van der Waals surface area contributed by atoms with Crippen LogP contribution in [0.15, 0.2) is 24.5 Å². The minimum Gasteiger partial charge on any atom is -0.411 e. The summed E-state index contributed by atoms with van der Waals surface area (Å²) in [5.74, 6) is 0. The summed E-state index contributed by atoms with van der Waals surface area (Å²) in [6.07, 6.45) is 11.2. The Bertz CT molecular complexity index is 569. The van der Waals surface area contributed by atoms with Crippen LogP contribution in [0, 0.1) is 0 Å². The molecule has 0 saturated heterocycles. The molecule has 1 N–H and O–H groups in total. The van der Waals surface area contributed by atoms with Gasteiger partial charge in [0.1, 0.15) is 0 Å². The van der Waals surface area contributed by atoms with E-state index >= 15 is 0 Å². The maximum Gasteiger partial charge on any atom is 0.192 e. The lowest BCUT2D eigenvalue weighted by molar-refractivity contribution is 0.0397. The standard InChI is InChI=1S/C23H41NO2Si/c1-7-21(22-16-20(19-25)17-24-18-22)14-13-15-23(8-2,9-3)26-27(10-4,11-5)12-6/h14,16-18,25H,7-13,15,19H2,1-6H3/b21-14-. The second-order valence-corrected chi connectivity index (χ2v) is 12.3. The highest BCUT2D eigenvalue weighted by molar-refractivity contribution is 6.73. The highest BCUT2D eigenvalue weighted by atomic mass is 28.4. The third-order valence-electron chi connectivity index (χ3n) is 6.37. The predicted octanol–water partition coefficient (Wildman–Crippen LogP) is 6.73. The molecule has 1 rings (SSSR count). The van der Waals surface area contributed by atoms with E-state index in [2.05, 4.69) is 58.7 Å². The number of hydrogen-bond acceptors (Lipinski definition) is 3. The third kappa shape index (κ3) is 6.55. The zero-order valence-electron chi connectivity index (χ0n) is 18.5. The molecule has 0 amide bonds. The lowest BCUT2D eigenvalue weighted by atomic mass is 9.91. The molecule has 3 nitrogen and oxygen atoms in total. The molecule has 0 spiro atoms. The second-order valence-electron chi connectivity index (χ2n) is 7.60. The van der Waals surface area contributed by atoms with Gasteiger partial charge in [0.15, 0.2) is 8.32 Å². The summed E-state index contributed by atoms with van der Waals surface area (Å²) in [6, 6.07) is 5.67. The van der Waals surface area contributed by atoms with Crippen LogP contribution in [0.2, 0.25) is 18.1 Å². The van der Waals surface area contributed by atoms with E-state index in [0.29, 0.717) is 0 Å². The van der Waals surface area contributed by atoms with E-state index < -0.39 is 8.32 Å². The molecule has 1 heterocycles. The van der Waals surface area contributed by atoms with Crippen LogP contribution in [0.5, 0.6) is 0 Å². The van der Waals surface area contributed by atoms with E-state index in [-0.39, 0.29) is 12.2 Å². The molecule has 0 aromatic carbocycles. The first kappa shape index (κ1) is 24.1. The van der Waals surface area contributed by atoms with E-state index in [1.54, 1.807) is 6.20 Å². The number of aliphatic hydroxyl groups excluding tert-OH is 1. The van der Waals surface area contributed by atoms with Crippen LogP contribution in [-0.2, 0) is 11.0 Å². The largest absolute Gasteiger partial charge is 0.411 e. The van der Waals surface area contributed by atoms with Gasteiger partial charge in [-0.15, -0.1) is 0 Å².